The standard InChI is InChI=1S/C12H15NO2/c1-2-3-4-5-6-7-8-10(14)12-11(9-13)15-12/h2-3,5-6,11-12H,4,7-8H2,1H3/b3-2+,6-5+. The van der Waals surface area contributed by atoms with Crippen LogP contribution >= 0.6 is 0 Å². The fraction of sp³-hybridized carbons (Fsp3) is 0.500. The number of carbonyl (C=O) groups is 1. The van der Waals surface area contributed by atoms with Crippen LogP contribution in [0.3, 0.4) is 0 Å². The van der Waals surface area contributed by atoms with Gasteiger partial charge in [0.2, 0.25) is 0 Å². The maximum Gasteiger partial charge on any atom is 0.178 e. The summed E-state index contributed by atoms with van der Waals surface area (Å²) in [6.07, 6.45) is 9.24. The minimum absolute atomic E-state index is 0.0391. The number of carbonyl (C=O) groups excluding carboxylic acids is 1. The smallest absolute Gasteiger partial charge is 0.178 e. The molecule has 0 bridgehead atoms. The highest BCUT2D eigenvalue weighted by Crippen LogP contribution is 2.23. The Kier molecular flexibility index (Phi) is 4.79. The van der Waals surface area contributed by atoms with Crippen molar-refractivity contribution in [2.45, 2.75) is 38.4 Å². The van der Waals surface area contributed by atoms with Crippen LogP contribution in [0, 0.1) is 11.3 Å². The molecule has 0 aromatic heterocycles. The molecule has 15 heavy (non-hydrogen) atoms. The number of hydrogen-bond acceptors (Lipinski definition) is 3. The molecule has 1 rings (SSSR count). The predicted molar refractivity (Wildman–Crippen MR) is 57.1 cm³/mol. The number of ketones is 1. The van der Waals surface area contributed by atoms with Gasteiger partial charge in [-0.25, -0.2) is 0 Å². The molecule has 1 aliphatic heterocycles. The highest BCUT2D eigenvalue weighted by molar-refractivity contribution is 5.86. The average Bonchev–Trinajstić information content (AvgIpc) is 3.02. The van der Waals surface area contributed by atoms with E-state index < -0.39 is 12.2 Å². The zero-order valence-electron chi connectivity index (χ0n) is 8.85. The molecular weight excluding hydrogens is 190 g/mol. The van der Waals surface area contributed by atoms with Crippen LogP contribution in [0.2, 0.25) is 0 Å². The molecular formula is C12H15NO2. The number of hydrogen-bond donors (Lipinski definition) is 0. The van der Waals surface area contributed by atoms with Crippen LogP contribution in [0.4, 0.5) is 0 Å². The third-order valence-electron chi connectivity index (χ3n) is 2.17. The van der Waals surface area contributed by atoms with Crippen molar-refractivity contribution in [2.75, 3.05) is 0 Å². The molecule has 0 aliphatic carbocycles. The molecule has 1 fully saturated rings. The summed E-state index contributed by atoms with van der Waals surface area (Å²) in [6.45, 7) is 1.98. The van der Waals surface area contributed by atoms with Gasteiger partial charge in [-0.1, -0.05) is 24.3 Å². The highest BCUT2D eigenvalue weighted by atomic mass is 16.6. The third kappa shape index (κ3) is 4.09. The van der Waals surface area contributed by atoms with Crippen molar-refractivity contribution in [3.63, 3.8) is 0 Å². The Morgan fingerprint density at radius 2 is 2.27 bits per heavy atom. The first kappa shape index (κ1) is 11.7. The van der Waals surface area contributed by atoms with E-state index in [9.17, 15) is 4.79 Å². The van der Waals surface area contributed by atoms with Crippen molar-refractivity contribution in [3.8, 4) is 6.07 Å². The van der Waals surface area contributed by atoms with Crippen LogP contribution in [-0.2, 0) is 9.53 Å². The molecule has 0 aromatic carbocycles. The first-order chi connectivity index (χ1) is 7.29. The molecule has 1 aliphatic rings. The van der Waals surface area contributed by atoms with Gasteiger partial charge in [0, 0.05) is 6.42 Å². The van der Waals surface area contributed by atoms with E-state index in [1.807, 2.05) is 37.3 Å². The molecule has 0 amide bonds. The molecule has 80 valence electrons. The third-order valence-corrected chi connectivity index (χ3v) is 2.17. The van der Waals surface area contributed by atoms with Gasteiger partial charge >= 0.3 is 0 Å². The molecule has 0 radical (unpaired) electrons. The second-order valence-electron chi connectivity index (χ2n) is 3.39. The Labute approximate surface area is 90.0 Å². The van der Waals surface area contributed by atoms with E-state index in [2.05, 4.69) is 0 Å². The molecule has 3 heteroatoms. The molecule has 2 atom stereocenters. The summed E-state index contributed by atoms with van der Waals surface area (Å²) < 4.78 is 4.88. The van der Waals surface area contributed by atoms with Gasteiger partial charge in [-0.15, -0.1) is 0 Å². The molecule has 0 saturated carbocycles. The number of nitrogens with zero attached hydrogens (tertiary/aromatic N) is 1. The fourth-order valence-corrected chi connectivity index (χ4v) is 1.25. The summed E-state index contributed by atoms with van der Waals surface area (Å²) in [7, 11) is 0. The summed E-state index contributed by atoms with van der Waals surface area (Å²) >= 11 is 0. The van der Waals surface area contributed by atoms with Crippen LogP contribution < -0.4 is 0 Å². The van der Waals surface area contributed by atoms with Crippen molar-refractivity contribution in [3.05, 3.63) is 24.3 Å². The molecule has 0 aromatic rings. The Bertz CT molecular complexity index is 312. The molecule has 2 unspecified atom stereocenters. The van der Waals surface area contributed by atoms with E-state index in [4.69, 9.17) is 10.00 Å². The topological polar surface area (TPSA) is 53.4 Å². The Morgan fingerprint density at radius 3 is 2.87 bits per heavy atom. The number of ether oxygens (including phenoxy) is 1. The quantitative estimate of drug-likeness (QED) is 0.493. The summed E-state index contributed by atoms with van der Waals surface area (Å²) in [5, 5.41) is 8.45. The number of nitriles is 1. The number of Topliss-reactive ketones (excluding diaryl/α,β-unsaturated/α-hetero) is 1. The lowest BCUT2D eigenvalue weighted by molar-refractivity contribution is -0.120. The SMILES string of the molecule is C/C=C/C/C=C/CCC(=O)C1OC1C#N. The van der Waals surface area contributed by atoms with Gasteiger partial charge < -0.3 is 4.74 Å². The van der Waals surface area contributed by atoms with E-state index in [1.54, 1.807) is 0 Å². The maximum absolute atomic E-state index is 11.3. The normalized spacial score (nSPS) is 24.5. The van der Waals surface area contributed by atoms with Crippen LogP contribution in [0.15, 0.2) is 24.3 Å². The lowest BCUT2D eigenvalue weighted by Gasteiger charge is -1.91. The minimum Gasteiger partial charge on any atom is -0.345 e. The van der Waals surface area contributed by atoms with Crippen molar-refractivity contribution in [1.29, 1.82) is 5.26 Å². The van der Waals surface area contributed by atoms with Gasteiger partial charge in [0.25, 0.3) is 0 Å². The van der Waals surface area contributed by atoms with E-state index in [0.717, 1.165) is 12.8 Å². The van der Waals surface area contributed by atoms with Gasteiger partial charge in [0.15, 0.2) is 18.0 Å². The van der Waals surface area contributed by atoms with Crippen LogP contribution in [-0.4, -0.2) is 18.0 Å². The number of rotatable bonds is 6. The molecule has 0 N–H and O–H groups in total. The van der Waals surface area contributed by atoms with Gasteiger partial charge in [0.05, 0.1) is 6.07 Å². The zero-order valence-corrected chi connectivity index (χ0v) is 8.85. The van der Waals surface area contributed by atoms with Gasteiger partial charge in [0.1, 0.15) is 0 Å². The molecule has 3 nitrogen and oxygen atoms in total. The number of epoxide rings is 1. The lowest BCUT2D eigenvalue weighted by Crippen LogP contribution is -2.08. The van der Waals surface area contributed by atoms with Crippen LogP contribution in [0.5, 0.6) is 0 Å². The van der Waals surface area contributed by atoms with E-state index >= 15 is 0 Å². The average molecular weight is 205 g/mol. The maximum atomic E-state index is 11.3. The fourth-order valence-electron chi connectivity index (χ4n) is 1.25. The lowest BCUT2D eigenvalue weighted by atomic mass is 10.1. The second-order valence-corrected chi connectivity index (χ2v) is 3.39. The predicted octanol–water partition coefficient (Wildman–Crippen LogP) is 2.15. The zero-order chi connectivity index (χ0) is 11.1. The van der Waals surface area contributed by atoms with Gasteiger partial charge in [-0.2, -0.15) is 5.26 Å². The first-order valence-corrected chi connectivity index (χ1v) is 5.13. The van der Waals surface area contributed by atoms with Crippen molar-refractivity contribution >= 4 is 5.78 Å². The van der Waals surface area contributed by atoms with Gasteiger partial charge in [-0.05, 0) is 19.8 Å². The van der Waals surface area contributed by atoms with E-state index in [-0.39, 0.29) is 5.78 Å². The molecule has 1 saturated heterocycles. The summed E-state index contributed by atoms with van der Waals surface area (Å²) in [5.41, 5.74) is 0. The summed E-state index contributed by atoms with van der Waals surface area (Å²) in [5.74, 6) is 0.0391. The largest absolute Gasteiger partial charge is 0.345 e. The highest BCUT2D eigenvalue weighted by Gasteiger charge is 2.44. The second kappa shape index (κ2) is 6.15. The monoisotopic (exact) mass is 205 g/mol. The van der Waals surface area contributed by atoms with Crippen molar-refractivity contribution in [1.82, 2.24) is 0 Å². The molecule has 1 heterocycles. The number of allylic oxidation sites excluding steroid dienone is 4. The Morgan fingerprint density at radius 1 is 1.47 bits per heavy atom. The van der Waals surface area contributed by atoms with Crippen molar-refractivity contribution < 1.29 is 9.53 Å². The van der Waals surface area contributed by atoms with E-state index in [0.29, 0.717) is 6.42 Å². The van der Waals surface area contributed by atoms with Gasteiger partial charge in [-0.3, -0.25) is 4.79 Å². The van der Waals surface area contributed by atoms with Crippen LogP contribution in [0.25, 0.3) is 0 Å². The van der Waals surface area contributed by atoms with Crippen molar-refractivity contribution in [2.24, 2.45) is 0 Å². The Balaban J connectivity index is 2.08. The first-order valence-electron chi connectivity index (χ1n) is 5.13. The minimum atomic E-state index is -0.482. The van der Waals surface area contributed by atoms with E-state index in [1.165, 1.54) is 0 Å². The van der Waals surface area contributed by atoms with Crippen LogP contribution in [0.1, 0.15) is 26.2 Å². The summed E-state index contributed by atoms with van der Waals surface area (Å²) in [6, 6.07) is 1.92. The molecule has 0 spiro atoms. The Hall–Kier alpha value is -1.40. The summed E-state index contributed by atoms with van der Waals surface area (Å²) in [4.78, 5) is 11.3.